The zero-order valence-corrected chi connectivity index (χ0v) is 18.1. The van der Waals surface area contributed by atoms with E-state index in [2.05, 4.69) is 11.1 Å². The van der Waals surface area contributed by atoms with Gasteiger partial charge in [-0.3, -0.25) is 4.40 Å². The van der Waals surface area contributed by atoms with E-state index in [-0.39, 0.29) is 0 Å². The van der Waals surface area contributed by atoms with Crippen LogP contribution in [0, 0.1) is 17.2 Å². The molecule has 6 nitrogen and oxygen atoms in total. The number of hydrogen-bond acceptors (Lipinski definition) is 5. The van der Waals surface area contributed by atoms with Gasteiger partial charge in [-0.25, -0.2) is 4.98 Å². The van der Waals surface area contributed by atoms with E-state index in [1.165, 1.54) is 25.7 Å². The largest absolute Gasteiger partial charge is 0.495 e. The summed E-state index contributed by atoms with van der Waals surface area (Å²) < 4.78 is 19.0. The zero-order chi connectivity index (χ0) is 21.5. The molecule has 0 bridgehead atoms. The quantitative estimate of drug-likeness (QED) is 0.541. The Labute approximate surface area is 178 Å². The number of imidazole rings is 1. The topological polar surface area (TPSA) is 68.8 Å². The molecule has 1 aliphatic carbocycles. The number of nitriles is 1. The molecule has 1 aliphatic rings. The van der Waals surface area contributed by atoms with E-state index in [4.69, 9.17) is 14.2 Å². The molecule has 0 spiro atoms. The first kappa shape index (κ1) is 21.5. The summed E-state index contributed by atoms with van der Waals surface area (Å²) in [5, 5.41) is 9.65. The Kier molecular flexibility index (Phi) is 7.18. The Bertz CT molecular complexity index is 1030. The lowest BCUT2D eigenvalue weighted by Gasteiger charge is -2.16. The number of methoxy groups -OCH3 is 2. The molecule has 0 unspecified atom stereocenters. The maximum Gasteiger partial charge on any atom is 0.199 e. The van der Waals surface area contributed by atoms with Crippen LogP contribution < -0.4 is 14.2 Å². The number of rotatable bonds is 6. The zero-order valence-electron chi connectivity index (χ0n) is 18.1. The van der Waals surface area contributed by atoms with E-state index in [1.807, 2.05) is 48.6 Å². The van der Waals surface area contributed by atoms with Crippen LogP contribution in [0.3, 0.4) is 0 Å². The predicted octanol–water partition coefficient (Wildman–Crippen LogP) is 5.49. The van der Waals surface area contributed by atoms with Gasteiger partial charge in [-0.05, 0) is 43.0 Å². The minimum absolute atomic E-state index is 0.421. The molecule has 2 aromatic heterocycles. The Morgan fingerprint density at radius 1 is 1.10 bits per heavy atom. The summed E-state index contributed by atoms with van der Waals surface area (Å²) in [4.78, 5) is 4.48. The number of pyridine rings is 1. The highest BCUT2D eigenvalue weighted by Gasteiger charge is 2.20. The van der Waals surface area contributed by atoms with Crippen LogP contribution >= 0.6 is 0 Å². The maximum atomic E-state index is 9.65. The highest BCUT2D eigenvalue weighted by Crippen LogP contribution is 2.37. The van der Waals surface area contributed by atoms with Crippen molar-refractivity contribution in [3.8, 4) is 34.7 Å². The van der Waals surface area contributed by atoms with Crippen molar-refractivity contribution in [2.75, 3.05) is 20.8 Å². The number of fused-ring (bicyclic) bond motifs is 1. The van der Waals surface area contributed by atoms with Gasteiger partial charge in [0.05, 0.1) is 32.7 Å². The molecule has 3 aromatic rings. The van der Waals surface area contributed by atoms with Crippen molar-refractivity contribution in [2.45, 2.75) is 39.5 Å². The third kappa shape index (κ3) is 4.20. The van der Waals surface area contributed by atoms with Gasteiger partial charge in [0.2, 0.25) is 0 Å². The smallest absolute Gasteiger partial charge is 0.199 e. The molecule has 30 heavy (non-hydrogen) atoms. The number of benzene rings is 1. The Morgan fingerprint density at radius 2 is 1.83 bits per heavy atom. The molecule has 158 valence electrons. The van der Waals surface area contributed by atoms with Gasteiger partial charge in [0.25, 0.3) is 0 Å². The maximum absolute atomic E-state index is 9.65. The average molecular weight is 408 g/mol. The standard InChI is InChI=1S/C22H23N3O3.C2H6/c1-26-19-10-16(18-13-24-21-8-5-9-22(27-2)25(18)21)11-20(17(19)12-23)28-14-15-6-3-4-7-15;1-2/h5,8-11,13,15H,3-4,6-7,14H2,1-2H3;1-2H3. The summed E-state index contributed by atoms with van der Waals surface area (Å²) in [5.41, 5.74) is 2.91. The molecule has 1 aromatic carbocycles. The summed E-state index contributed by atoms with van der Waals surface area (Å²) in [6.45, 7) is 4.62. The molecule has 6 heteroatoms. The van der Waals surface area contributed by atoms with Crippen molar-refractivity contribution in [1.29, 1.82) is 5.26 Å². The van der Waals surface area contributed by atoms with Crippen molar-refractivity contribution in [2.24, 2.45) is 5.92 Å². The molecule has 0 radical (unpaired) electrons. The van der Waals surface area contributed by atoms with Gasteiger partial charge in [0, 0.05) is 5.56 Å². The fourth-order valence-electron chi connectivity index (χ4n) is 3.88. The molecule has 1 saturated carbocycles. The lowest BCUT2D eigenvalue weighted by Crippen LogP contribution is -2.09. The molecule has 0 atom stereocenters. The Hall–Kier alpha value is -3.20. The van der Waals surface area contributed by atoms with Crippen molar-refractivity contribution in [3.05, 3.63) is 42.1 Å². The minimum Gasteiger partial charge on any atom is -0.495 e. The van der Waals surface area contributed by atoms with Gasteiger partial charge in [-0.15, -0.1) is 0 Å². The van der Waals surface area contributed by atoms with E-state index in [0.717, 1.165) is 16.9 Å². The van der Waals surface area contributed by atoms with Crippen LogP contribution in [0.4, 0.5) is 0 Å². The normalized spacial score (nSPS) is 13.4. The van der Waals surface area contributed by atoms with Crippen molar-refractivity contribution in [3.63, 3.8) is 0 Å². The molecular formula is C24H29N3O3. The lowest BCUT2D eigenvalue weighted by molar-refractivity contribution is 0.250. The predicted molar refractivity (Wildman–Crippen MR) is 117 cm³/mol. The minimum atomic E-state index is 0.421. The second-order valence-corrected chi connectivity index (χ2v) is 7.03. The fraction of sp³-hybridized carbons (Fsp3) is 0.417. The van der Waals surface area contributed by atoms with Crippen LogP contribution in [0.2, 0.25) is 0 Å². The summed E-state index contributed by atoms with van der Waals surface area (Å²) in [5.74, 6) is 2.28. The van der Waals surface area contributed by atoms with Crippen LogP contribution in [0.25, 0.3) is 16.9 Å². The van der Waals surface area contributed by atoms with Gasteiger partial charge in [-0.1, -0.05) is 32.8 Å². The van der Waals surface area contributed by atoms with Gasteiger partial charge in [0.1, 0.15) is 28.8 Å². The van der Waals surface area contributed by atoms with Crippen LogP contribution in [0.1, 0.15) is 45.1 Å². The molecule has 0 amide bonds. The van der Waals surface area contributed by atoms with Gasteiger partial charge < -0.3 is 14.2 Å². The summed E-state index contributed by atoms with van der Waals surface area (Å²) in [7, 11) is 3.20. The summed E-state index contributed by atoms with van der Waals surface area (Å²) >= 11 is 0. The van der Waals surface area contributed by atoms with E-state index in [0.29, 0.717) is 35.5 Å². The first-order valence-electron chi connectivity index (χ1n) is 10.5. The van der Waals surface area contributed by atoms with Crippen LogP contribution in [0.5, 0.6) is 17.4 Å². The second kappa shape index (κ2) is 10.0. The average Bonchev–Trinajstić information content (AvgIpc) is 3.48. The first-order chi connectivity index (χ1) is 14.7. The lowest BCUT2D eigenvalue weighted by atomic mass is 10.1. The number of aromatic nitrogens is 2. The molecule has 2 heterocycles. The van der Waals surface area contributed by atoms with E-state index in [9.17, 15) is 5.26 Å². The Morgan fingerprint density at radius 3 is 2.50 bits per heavy atom. The van der Waals surface area contributed by atoms with Crippen molar-refractivity contribution >= 4 is 5.65 Å². The van der Waals surface area contributed by atoms with E-state index >= 15 is 0 Å². The second-order valence-electron chi connectivity index (χ2n) is 7.03. The van der Waals surface area contributed by atoms with E-state index < -0.39 is 0 Å². The van der Waals surface area contributed by atoms with E-state index in [1.54, 1.807) is 20.4 Å². The third-order valence-corrected chi connectivity index (χ3v) is 5.35. The molecule has 0 N–H and O–H groups in total. The van der Waals surface area contributed by atoms with Crippen LogP contribution in [-0.4, -0.2) is 30.2 Å². The number of hydrogen-bond donors (Lipinski definition) is 0. The van der Waals surface area contributed by atoms with Crippen molar-refractivity contribution < 1.29 is 14.2 Å². The highest BCUT2D eigenvalue weighted by atomic mass is 16.5. The van der Waals surface area contributed by atoms with Crippen LogP contribution in [0.15, 0.2) is 36.5 Å². The third-order valence-electron chi connectivity index (χ3n) is 5.35. The summed E-state index contributed by atoms with van der Waals surface area (Å²) in [6, 6.07) is 11.7. The first-order valence-corrected chi connectivity index (χ1v) is 10.5. The molecular weight excluding hydrogens is 378 g/mol. The van der Waals surface area contributed by atoms with Crippen molar-refractivity contribution in [1.82, 2.24) is 9.38 Å². The molecule has 0 aliphatic heterocycles. The number of nitrogens with zero attached hydrogens (tertiary/aromatic N) is 3. The molecule has 0 saturated heterocycles. The van der Waals surface area contributed by atoms with Crippen LogP contribution in [-0.2, 0) is 0 Å². The fourth-order valence-corrected chi connectivity index (χ4v) is 3.88. The van der Waals surface area contributed by atoms with Gasteiger partial charge >= 0.3 is 0 Å². The summed E-state index contributed by atoms with van der Waals surface area (Å²) in [6.07, 6.45) is 6.67. The molecule has 1 fully saturated rings. The highest BCUT2D eigenvalue weighted by molar-refractivity contribution is 5.71. The monoisotopic (exact) mass is 407 g/mol. The number of ether oxygens (including phenoxy) is 3. The van der Waals surface area contributed by atoms with Gasteiger partial charge in [0.15, 0.2) is 5.88 Å². The SMILES string of the molecule is CC.COc1cc(-c2cnc3cccc(OC)n23)cc(OCC2CCCC2)c1C#N. The Balaban J connectivity index is 0.00000124. The molecule has 4 rings (SSSR count). The van der Waals surface area contributed by atoms with Gasteiger partial charge in [-0.2, -0.15) is 5.26 Å².